The second kappa shape index (κ2) is 3.71. The van der Waals surface area contributed by atoms with Crippen LogP contribution in [0.25, 0.3) is 21.3 Å². The number of nitrogens with zero attached hydrogens (tertiary/aromatic N) is 2. The molecular formula is C12H6N2S2. The van der Waals surface area contributed by atoms with Gasteiger partial charge in [-0.05, 0) is 6.07 Å². The van der Waals surface area contributed by atoms with Crippen molar-refractivity contribution in [2.75, 3.05) is 0 Å². The third kappa shape index (κ3) is 1.42. The highest BCUT2D eigenvalue weighted by atomic mass is 32.1. The first kappa shape index (κ1) is 9.52. The van der Waals surface area contributed by atoms with Gasteiger partial charge in [0, 0.05) is 26.4 Å². The smallest absolute Gasteiger partial charge is 0.194 e. The molecular weight excluding hydrogens is 236 g/mol. The molecule has 1 aromatic carbocycles. The molecule has 76 valence electrons. The summed E-state index contributed by atoms with van der Waals surface area (Å²) in [4.78, 5) is 4.29. The minimum atomic E-state index is 0.519. The van der Waals surface area contributed by atoms with E-state index in [-0.39, 0.29) is 0 Å². The van der Waals surface area contributed by atoms with Crippen LogP contribution < -0.4 is 0 Å². The van der Waals surface area contributed by atoms with Gasteiger partial charge in [0.2, 0.25) is 0 Å². The zero-order valence-electron chi connectivity index (χ0n) is 8.18. The van der Waals surface area contributed by atoms with Crippen molar-refractivity contribution in [1.29, 1.82) is 5.26 Å². The molecule has 0 saturated heterocycles. The molecule has 3 aromatic rings. The standard InChI is InChI=1S/C12H6N2S2/c13-5-12-14-10(7-16-12)9-6-15-11-4-2-1-3-8(9)11/h1-4,6-7H. The Labute approximate surface area is 100 Å². The summed E-state index contributed by atoms with van der Waals surface area (Å²) in [6.07, 6.45) is 0. The molecule has 0 amide bonds. The zero-order chi connectivity index (χ0) is 11.0. The molecule has 0 aliphatic carbocycles. The van der Waals surface area contributed by atoms with Gasteiger partial charge in [-0.15, -0.1) is 22.7 Å². The van der Waals surface area contributed by atoms with Crippen LogP contribution in [0.1, 0.15) is 5.01 Å². The summed E-state index contributed by atoms with van der Waals surface area (Å²) in [5, 5.41) is 14.5. The molecule has 16 heavy (non-hydrogen) atoms. The molecule has 0 aliphatic heterocycles. The Morgan fingerprint density at radius 3 is 2.81 bits per heavy atom. The van der Waals surface area contributed by atoms with E-state index < -0.39 is 0 Å². The van der Waals surface area contributed by atoms with Gasteiger partial charge in [-0.1, -0.05) is 18.2 Å². The Hall–Kier alpha value is -1.70. The first-order chi connectivity index (χ1) is 7.88. The van der Waals surface area contributed by atoms with Gasteiger partial charge < -0.3 is 0 Å². The third-order valence-corrected chi connectivity index (χ3v) is 4.07. The van der Waals surface area contributed by atoms with Crippen molar-refractivity contribution in [3.63, 3.8) is 0 Å². The minimum absolute atomic E-state index is 0.519. The van der Waals surface area contributed by atoms with Gasteiger partial charge in [0.1, 0.15) is 6.07 Å². The maximum Gasteiger partial charge on any atom is 0.194 e. The molecule has 0 saturated carbocycles. The van der Waals surface area contributed by atoms with Crippen LogP contribution >= 0.6 is 22.7 Å². The molecule has 0 N–H and O–H groups in total. The fraction of sp³-hybridized carbons (Fsp3) is 0. The van der Waals surface area contributed by atoms with Crippen molar-refractivity contribution in [3.8, 4) is 17.3 Å². The van der Waals surface area contributed by atoms with Crippen LogP contribution in [0.4, 0.5) is 0 Å². The van der Waals surface area contributed by atoms with Crippen molar-refractivity contribution in [2.45, 2.75) is 0 Å². The Balaban J connectivity index is 2.23. The van der Waals surface area contributed by atoms with Crippen molar-refractivity contribution >= 4 is 32.8 Å². The van der Waals surface area contributed by atoms with Crippen LogP contribution in [0, 0.1) is 11.3 Å². The summed E-state index contributed by atoms with van der Waals surface area (Å²) in [5.41, 5.74) is 2.03. The number of hydrogen-bond acceptors (Lipinski definition) is 4. The van der Waals surface area contributed by atoms with Crippen LogP contribution in [-0.2, 0) is 0 Å². The molecule has 4 heteroatoms. The van der Waals surface area contributed by atoms with Crippen molar-refractivity contribution in [1.82, 2.24) is 4.98 Å². The number of nitriles is 1. The molecule has 0 spiro atoms. The highest BCUT2D eigenvalue weighted by Crippen LogP contribution is 2.33. The first-order valence-electron chi connectivity index (χ1n) is 4.71. The molecule has 0 bridgehead atoms. The average Bonchev–Trinajstić information content (AvgIpc) is 2.94. The second-order valence-corrected chi connectivity index (χ2v) is 5.06. The van der Waals surface area contributed by atoms with Crippen LogP contribution in [-0.4, -0.2) is 4.98 Å². The van der Waals surface area contributed by atoms with Crippen molar-refractivity contribution in [3.05, 3.63) is 40.0 Å². The molecule has 0 aliphatic rings. The lowest BCUT2D eigenvalue weighted by Crippen LogP contribution is -1.75. The molecule has 0 radical (unpaired) electrons. The number of rotatable bonds is 1. The van der Waals surface area contributed by atoms with E-state index in [9.17, 15) is 0 Å². The van der Waals surface area contributed by atoms with Gasteiger partial charge in [-0.2, -0.15) is 5.26 Å². The summed E-state index contributed by atoms with van der Waals surface area (Å²) in [5.74, 6) is 0. The van der Waals surface area contributed by atoms with E-state index in [1.165, 1.54) is 21.4 Å². The lowest BCUT2D eigenvalue weighted by Gasteiger charge is -1.92. The largest absolute Gasteiger partial charge is 0.226 e. The van der Waals surface area contributed by atoms with Crippen LogP contribution in [0.3, 0.4) is 0 Å². The summed E-state index contributed by atoms with van der Waals surface area (Å²) in [7, 11) is 0. The summed E-state index contributed by atoms with van der Waals surface area (Å²) in [6.45, 7) is 0. The lowest BCUT2D eigenvalue weighted by molar-refractivity contribution is 1.36. The fourth-order valence-corrected chi connectivity index (χ4v) is 3.19. The van der Waals surface area contributed by atoms with E-state index in [1.807, 2.05) is 17.5 Å². The highest BCUT2D eigenvalue weighted by Gasteiger charge is 2.09. The molecule has 0 fully saturated rings. The van der Waals surface area contributed by atoms with Gasteiger partial charge in [0.05, 0.1) is 5.69 Å². The summed E-state index contributed by atoms with van der Waals surface area (Å²) >= 11 is 3.10. The first-order valence-corrected chi connectivity index (χ1v) is 6.46. The highest BCUT2D eigenvalue weighted by molar-refractivity contribution is 7.17. The molecule has 2 nitrogen and oxygen atoms in total. The number of fused-ring (bicyclic) bond motifs is 1. The number of thiophene rings is 1. The SMILES string of the molecule is N#Cc1nc(-c2csc3ccccc23)cs1. The Bertz CT molecular complexity index is 688. The molecule has 0 unspecified atom stereocenters. The van der Waals surface area contributed by atoms with Crippen LogP contribution in [0.15, 0.2) is 35.0 Å². The summed E-state index contributed by atoms with van der Waals surface area (Å²) < 4.78 is 1.25. The molecule has 3 rings (SSSR count). The predicted molar refractivity (Wildman–Crippen MR) is 67.6 cm³/mol. The van der Waals surface area contributed by atoms with E-state index in [2.05, 4.69) is 28.6 Å². The molecule has 0 atom stereocenters. The van der Waals surface area contributed by atoms with Gasteiger partial charge in [-0.25, -0.2) is 4.98 Å². The predicted octanol–water partition coefficient (Wildman–Crippen LogP) is 3.90. The van der Waals surface area contributed by atoms with E-state index in [1.54, 1.807) is 11.3 Å². The number of hydrogen-bond donors (Lipinski definition) is 0. The Morgan fingerprint density at radius 2 is 2.00 bits per heavy atom. The topological polar surface area (TPSA) is 36.7 Å². The maximum absolute atomic E-state index is 8.76. The number of benzene rings is 1. The normalized spacial score (nSPS) is 10.4. The van der Waals surface area contributed by atoms with Crippen molar-refractivity contribution < 1.29 is 0 Å². The summed E-state index contributed by atoms with van der Waals surface area (Å²) in [6, 6.07) is 10.3. The Kier molecular flexibility index (Phi) is 2.21. The van der Waals surface area contributed by atoms with E-state index >= 15 is 0 Å². The average molecular weight is 242 g/mol. The Morgan fingerprint density at radius 1 is 1.12 bits per heavy atom. The van der Waals surface area contributed by atoms with Crippen LogP contribution in [0.2, 0.25) is 0 Å². The van der Waals surface area contributed by atoms with Crippen molar-refractivity contribution in [2.24, 2.45) is 0 Å². The monoisotopic (exact) mass is 242 g/mol. The number of aromatic nitrogens is 1. The maximum atomic E-state index is 8.76. The third-order valence-electron chi connectivity index (χ3n) is 2.36. The van der Waals surface area contributed by atoms with Crippen LogP contribution in [0.5, 0.6) is 0 Å². The quantitative estimate of drug-likeness (QED) is 0.649. The van der Waals surface area contributed by atoms with Gasteiger partial charge >= 0.3 is 0 Å². The molecule has 2 heterocycles. The number of thiazole rings is 1. The van der Waals surface area contributed by atoms with Gasteiger partial charge in [0.15, 0.2) is 5.01 Å². The van der Waals surface area contributed by atoms with Gasteiger partial charge in [0.25, 0.3) is 0 Å². The second-order valence-electron chi connectivity index (χ2n) is 3.30. The minimum Gasteiger partial charge on any atom is -0.226 e. The zero-order valence-corrected chi connectivity index (χ0v) is 9.81. The lowest BCUT2D eigenvalue weighted by atomic mass is 10.1. The van der Waals surface area contributed by atoms with E-state index in [4.69, 9.17) is 5.26 Å². The molecule has 2 aromatic heterocycles. The van der Waals surface area contributed by atoms with Gasteiger partial charge in [-0.3, -0.25) is 0 Å². The fourth-order valence-electron chi connectivity index (χ4n) is 1.62. The van der Waals surface area contributed by atoms with E-state index in [0.717, 1.165) is 11.3 Å². The van der Waals surface area contributed by atoms with E-state index in [0.29, 0.717) is 5.01 Å².